The lowest BCUT2D eigenvalue weighted by atomic mass is 10.1. The van der Waals surface area contributed by atoms with E-state index in [1.807, 2.05) is 0 Å². The van der Waals surface area contributed by atoms with Crippen molar-refractivity contribution in [3.05, 3.63) is 0 Å². The molecule has 0 aromatic rings. The van der Waals surface area contributed by atoms with Crippen molar-refractivity contribution in [2.24, 2.45) is 17.3 Å². The second kappa shape index (κ2) is 3.67. The van der Waals surface area contributed by atoms with Gasteiger partial charge < -0.3 is 5.11 Å². The molecule has 16 heavy (non-hydrogen) atoms. The van der Waals surface area contributed by atoms with E-state index in [4.69, 9.17) is 28.3 Å². The molecule has 0 radical (unpaired) electrons. The highest BCUT2D eigenvalue weighted by Crippen LogP contribution is 2.63. The van der Waals surface area contributed by atoms with Crippen LogP contribution in [0.5, 0.6) is 0 Å². The van der Waals surface area contributed by atoms with Crippen LogP contribution in [0.2, 0.25) is 0 Å². The fraction of sp³-hybridized carbons (Fsp3) is 0.889. The van der Waals surface area contributed by atoms with Crippen LogP contribution >= 0.6 is 23.2 Å². The van der Waals surface area contributed by atoms with E-state index in [9.17, 15) is 18.0 Å². The van der Waals surface area contributed by atoms with Crippen LogP contribution < -0.4 is 0 Å². The Bertz CT molecular complexity index is 312. The molecule has 0 aliphatic heterocycles. The summed E-state index contributed by atoms with van der Waals surface area (Å²) in [6, 6.07) is 0. The van der Waals surface area contributed by atoms with E-state index >= 15 is 0 Å². The molecule has 1 saturated carbocycles. The van der Waals surface area contributed by atoms with Gasteiger partial charge in [0.1, 0.15) is 0 Å². The number of alkyl halides is 5. The molecule has 1 N–H and O–H groups in total. The molecule has 0 saturated heterocycles. The molecular weight excluding hydrogens is 268 g/mol. The second-order valence-corrected chi connectivity index (χ2v) is 6.13. The third kappa shape index (κ3) is 2.25. The maximum atomic E-state index is 12.4. The minimum atomic E-state index is -4.75. The van der Waals surface area contributed by atoms with Gasteiger partial charge in [-0.1, -0.05) is 37.0 Å². The van der Waals surface area contributed by atoms with Crippen LogP contribution in [0.15, 0.2) is 0 Å². The highest BCUT2D eigenvalue weighted by Gasteiger charge is 2.66. The van der Waals surface area contributed by atoms with Crippen LogP contribution in [0, 0.1) is 17.3 Å². The summed E-state index contributed by atoms with van der Waals surface area (Å²) in [6.45, 7) is 3.19. The van der Waals surface area contributed by atoms with Gasteiger partial charge >= 0.3 is 12.1 Å². The summed E-state index contributed by atoms with van der Waals surface area (Å²) < 4.78 is 34.3. The molecule has 0 bridgehead atoms. The Labute approximate surface area is 101 Å². The van der Waals surface area contributed by atoms with Crippen molar-refractivity contribution >= 4 is 29.2 Å². The fourth-order valence-electron chi connectivity index (χ4n) is 2.01. The lowest BCUT2D eigenvalue weighted by Gasteiger charge is -2.23. The van der Waals surface area contributed by atoms with Crippen LogP contribution in [0.1, 0.15) is 20.3 Å². The molecule has 0 amide bonds. The molecule has 1 aliphatic rings. The van der Waals surface area contributed by atoms with Crippen LogP contribution in [0.25, 0.3) is 0 Å². The number of rotatable bonds is 3. The topological polar surface area (TPSA) is 37.3 Å². The molecule has 0 aromatic heterocycles. The summed E-state index contributed by atoms with van der Waals surface area (Å²) >= 11 is 10.4. The first-order chi connectivity index (χ1) is 6.91. The lowest BCUT2D eigenvalue weighted by Crippen LogP contribution is -2.35. The van der Waals surface area contributed by atoms with E-state index in [0.717, 1.165) is 0 Å². The third-order valence-electron chi connectivity index (χ3n) is 3.21. The predicted molar refractivity (Wildman–Crippen MR) is 53.5 cm³/mol. The molecule has 0 unspecified atom stereocenters. The van der Waals surface area contributed by atoms with Crippen LogP contribution in [-0.2, 0) is 4.79 Å². The minimum absolute atomic E-state index is 0.594. The monoisotopic (exact) mass is 278 g/mol. The molecule has 0 heterocycles. The first kappa shape index (κ1) is 13.9. The van der Waals surface area contributed by atoms with Crippen molar-refractivity contribution < 1.29 is 23.1 Å². The molecule has 1 rings (SSSR count). The molecule has 2 nitrogen and oxygen atoms in total. The highest BCUT2D eigenvalue weighted by atomic mass is 35.5. The molecule has 2 atom stereocenters. The van der Waals surface area contributed by atoms with Crippen molar-refractivity contribution in [1.82, 2.24) is 0 Å². The third-order valence-corrected chi connectivity index (χ3v) is 3.94. The van der Waals surface area contributed by atoms with E-state index in [2.05, 4.69) is 0 Å². The molecule has 0 aromatic carbocycles. The Kier molecular flexibility index (Phi) is 3.19. The number of carboxylic acid groups (broad SMARTS) is 1. The van der Waals surface area contributed by atoms with Crippen molar-refractivity contribution in [3.8, 4) is 0 Å². The summed E-state index contributed by atoms with van der Waals surface area (Å²) in [5.41, 5.74) is -0.688. The SMILES string of the molecule is CC1(C)[C@H](C(=O)O)[C@@H]1CC(Cl)(Cl)C(F)(F)F. The van der Waals surface area contributed by atoms with Gasteiger partial charge in [0.2, 0.25) is 4.33 Å². The minimum Gasteiger partial charge on any atom is -0.481 e. The number of halogens is 5. The van der Waals surface area contributed by atoms with E-state index in [0.29, 0.717) is 0 Å². The number of hydrogen-bond donors (Lipinski definition) is 1. The number of aliphatic carboxylic acids is 1. The average Bonchev–Trinajstić information content (AvgIpc) is 2.49. The molecule has 1 aliphatic carbocycles. The van der Waals surface area contributed by atoms with Gasteiger partial charge in [0.15, 0.2) is 0 Å². The molecule has 7 heteroatoms. The zero-order chi connectivity index (χ0) is 12.9. The fourth-order valence-corrected chi connectivity index (χ4v) is 2.34. The highest BCUT2D eigenvalue weighted by molar-refractivity contribution is 6.49. The average molecular weight is 279 g/mol. The largest absolute Gasteiger partial charge is 0.481 e. The second-order valence-electron chi connectivity index (χ2n) is 4.65. The Morgan fingerprint density at radius 2 is 1.81 bits per heavy atom. The molecular formula is C9H11Cl2F3O2. The van der Waals surface area contributed by atoms with E-state index in [1.165, 1.54) is 0 Å². The Balaban J connectivity index is 2.75. The van der Waals surface area contributed by atoms with Crippen LogP contribution in [-0.4, -0.2) is 21.6 Å². The van der Waals surface area contributed by atoms with Gasteiger partial charge in [-0.2, -0.15) is 13.2 Å². The maximum Gasteiger partial charge on any atom is 0.421 e. The van der Waals surface area contributed by atoms with E-state index in [1.54, 1.807) is 13.8 Å². The van der Waals surface area contributed by atoms with Gasteiger partial charge in [0, 0.05) is 0 Å². The number of carbonyl (C=O) groups is 1. The smallest absolute Gasteiger partial charge is 0.421 e. The number of hydrogen-bond acceptors (Lipinski definition) is 1. The van der Waals surface area contributed by atoms with Gasteiger partial charge in [-0.15, -0.1) is 0 Å². The van der Waals surface area contributed by atoms with Crippen LogP contribution in [0.3, 0.4) is 0 Å². The summed E-state index contributed by atoms with van der Waals surface area (Å²) in [4.78, 5) is 10.8. The van der Waals surface area contributed by atoms with Crippen LogP contribution in [0.4, 0.5) is 13.2 Å². The quantitative estimate of drug-likeness (QED) is 0.803. The Morgan fingerprint density at radius 1 is 1.38 bits per heavy atom. The summed E-state index contributed by atoms with van der Waals surface area (Å²) in [5, 5.41) is 8.79. The predicted octanol–water partition coefficient (Wildman–Crippen LogP) is 3.47. The van der Waals surface area contributed by atoms with E-state index in [-0.39, 0.29) is 0 Å². The normalized spacial score (nSPS) is 28.9. The number of carboxylic acids is 1. The van der Waals surface area contributed by atoms with Crippen molar-refractivity contribution in [1.29, 1.82) is 0 Å². The Hall–Kier alpha value is -0.160. The van der Waals surface area contributed by atoms with Gasteiger partial charge in [-0.3, -0.25) is 4.79 Å². The summed E-state index contributed by atoms with van der Waals surface area (Å²) in [5.74, 6) is -2.57. The van der Waals surface area contributed by atoms with Crippen molar-refractivity contribution in [2.75, 3.05) is 0 Å². The van der Waals surface area contributed by atoms with Crippen molar-refractivity contribution in [2.45, 2.75) is 30.8 Å². The Morgan fingerprint density at radius 3 is 2.06 bits per heavy atom. The van der Waals surface area contributed by atoms with Gasteiger partial charge in [-0.25, -0.2) is 0 Å². The zero-order valence-corrected chi connectivity index (χ0v) is 10.1. The molecule has 94 valence electrons. The summed E-state index contributed by atoms with van der Waals surface area (Å²) in [7, 11) is 0. The zero-order valence-electron chi connectivity index (χ0n) is 8.61. The first-order valence-corrected chi connectivity index (χ1v) is 5.34. The lowest BCUT2D eigenvalue weighted by molar-refractivity contribution is -0.146. The molecule has 0 spiro atoms. The maximum absolute atomic E-state index is 12.4. The van der Waals surface area contributed by atoms with Crippen molar-refractivity contribution in [3.63, 3.8) is 0 Å². The summed E-state index contributed by atoms with van der Waals surface area (Å²) in [6.07, 6.45) is -5.35. The standard InChI is InChI=1S/C9H11Cl2F3O2/c1-7(2)4(5(7)6(15)16)3-8(10,11)9(12,13)14/h4-5H,3H2,1-2H3,(H,15,16)/t4-,5-/m0/s1. The van der Waals surface area contributed by atoms with Gasteiger partial charge in [0.05, 0.1) is 5.92 Å². The molecule has 1 fully saturated rings. The van der Waals surface area contributed by atoms with Gasteiger partial charge in [-0.05, 0) is 17.8 Å². The first-order valence-electron chi connectivity index (χ1n) is 4.58. The van der Waals surface area contributed by atoms with E-state index < -0.39 is 40.2 Å². The van der Waals surface area contributed by atoms with Gasteiger partial charge in [0.25, 0.3) is 0 Å².